The van der Waals surface area contributed by atoms with Crippen molar-refractivity contribution in [2.75, 3.05) is 7.11 Å². The summed E-state index contributed by atoms with van der Waals surface area (Å²) in [6, 6.07) is 0. The smallest absolute Gasteiger partial charge is 0.216 e. The molecule has 0 aromatic carbocycles. The lowest BCUT2D eigenvalue weighted by atomic mass is 10.5. The number of rotatable bonds is 3. The topological polar surface area (TPSA) is 9.23 Å². The number of hydrogen-bond donors (Lipinski definition) is 0. The summed E-state index contributed by atoms with van der Waals surface area (Å²) in [5.41, 5.74) is 1.47. The lowest BCUT2D eigenvalue weighted by Crippen LogP contribution is -2.23. The van der Waals surface area contributed by atoms with E-state index in [9.17, 15) is 0 Å². The summed E-state index contributed by atoms with van der Waals surface area (Å²) in [6.07, 6.45) is 0. The van der Waals surface area contributed by atoms with Crippen molar-refractivity contribution in [2.24, 2.45) is 0 Å². The van der Waals surface area contributed by atoms with Crippen molar-refractivity contribution in [3.63, 3.8) is 0 Å². The predicted molar refractivity (Wildman–Crippen MR) is 43.0 cm³/mol. The molecule has 1 radical (unpaired) electrons. The summed E-state index contributed by atoms with van der Waals surface area (Å²) in [5, 5.41) is 0. The molecule has 0 N–H and O–H groups in total. The van der Waals surface area contributed by atoms with E-state index in [1.165, 1.54) is 0 Å². The minimum Gasteiger partial charge on any atom is -0.419 e. The van der Waals surface area contributed by atoms with Crippen LogP contribution < -0.4 is 0 Å². The van der Waals surface area contributed by atoms with Crippen LogP contribution in [0.2, 0.25) is 11.1 Å². The first-order chi connectivity index (χ1) is 4.09. The van der Waals surface area contributed by atoms with Gasteiger partial charge >= 0.3 is 0 Å². The molecule has 0 atom stereocenters. The highest BCUT2D eigenvalue weighted by atomic mass is 28.3. The molecule has 0 aromatic heterocycles. The molecule has 0 fully saturated rings. The van der Waals surface area contributed by atoms with Crippen molar-refractivity contribution in [2.45, 2.75) is 38.8 Å². The fourth-order valence-corrected chi connectivity index (χ4v) is 3.41. The average Bonchev–Trinajstić information content (AvgIpc) is 1.64. The van der Waals surface area contributed by atoms with Crippen molar-refractivity contribution < 1.29 is 4.43 Å². The van der Waals surface area contributed by atoms with Crippen LogP contribution in [0.25, 0.3) is 0 Å². The summed E-state index contributed by atoms with van der Waals surface area (Å²) >= 11 is 0. The van der Waals surface area contributed by atoms with Gasteiger partial charge in [-0.2, -0.15) is 0 Å². The van der Waals surface area contributed by atoms with Gasteiger partial charge in [0.15, 0.2) is 0 Å². The average molecular weight is 145 g/mol. The molecular formula is C7H17OSi. The summed E-state index contributed by atoms with van der Waals surface area (Å²) in [5.74, 6) is 0. The van der Waals surface area contributed by atoms with Crippen LogP contribution in [0.4, 0.5) is 0 Å². The molecular weight excluding hydrogens is 128 g/mol. The Kier molecular flexibility index (Phi) is 4.15. The molecule has 0 amide bonds. The Morgan fingerprint density at radius 1 is 1.00 bits per heavy atom. The van der Waals surface area contributed by atoms with Gasteiger partial charge in [0, 0.05) is 7.11 Å². The molecule has 0 bridgehead atoms. The van der Waals surface area contributed by atoms with E-state index in [0.29, 0.717) is 0 Å². The molecule has 0 saturated heterocycles. The monoisotopic (exact) mass is 145 g/mol. The third kappa shape index (κ3) is 3.01. The summed E-state index contributed by atoms with van der Waals surface area (Å²) in [4.78, 5) is 0. The van der Waals surface area contributed by atoms with Crippen LogP contribution in [0.5, 0.6) is 0 Å². The van der Waals surface area contributed by atoms with Crippen LogP contribution >= 0.6 is 0 Å². The molecule has 2 heteroatoms. The molecule has 0 aliphatic rings. The van der Waals surface area contributed by atoms with Gasteiger partial charge in [0.25, 0.3) is 0 Å². The Labute approximate surface area is 60.1 Å². The van der Waals surface area contributed by atoms with Crippen molar-refractivity contribution in [1.82, 2.24) is 0 Å². The van der Waals surface area contributed by atoms with Gasteiger partial charge in [0.2, 0.25) is 9.04 Å². The second-order valence-electron chi connectivity index (χ2n) is 2.92. The fraction of sp³-hybridized carbons (Fsp3) is 1.00. The molecule has 0 unspecified atom stereocenters. The van der Waals surface area contributed by atoms with Crippen LogP contribution in [-0.4, -0.2) is 16.2 Å². The lowest BCUT2D eigenvalue weighted by molar-refractivity contribution is 0.401. The number of hydrogen-bond acceptors (Lipinski definition) is 1. The van der Waals surface area contributed by atoms with E-state index in [-0.39, 0.29) is 0 Å². The maximum atomic E-state index is 5.38. The third-order valence-electron chi connectivity index (χ3n) is 1.37. The Bertz CT molecular complexity index is 63.3. The maximum absolute atomic E-state index is 5.38. The van der Waals surface area contributed by atoms with Crippen LogP contribution in [-0.2, 0) is 4.43 Å². The second-order valence-corrected chi connectivity index (χ2v) is 6.44. The molecule has 55 valence electrons. The van der Waals surface area contributed by atoms with Crippen LogP contribution in [0.1, 0.15) is 27.7 Å². The Hall–Kier alpha value is 0.177. The Morgan fingerprint density at radius 3 is 1.33 bits per heavy atom. The standard InChI is InChI=1S/C7H17OSi/c1-6(2)9(8-5)7(3)4/h6-7H,1-5H3. The molecule has 0 aromatic rings. The fourth-order valence-electron chi connectivity index (χ4n) is 1.14. The molecule has 0 saturated carbocycles. The van der Waals surface area contributed by atoms with Crippen molar-refractivity contribution in [3.05, 3.63) is 0 Å². The largest absolute Gasteiger partial charge is 0.419 e. The lowest BCUT2D eigenvalue weighted by Gasteiger charge is -2.19. The zero-order valence-corrected chi connectivity index (χ0v) is 8.06. The van der Waals surface area contributed by atoms with E-state index in [1.807, 2.05) is 7.11 Å². The van der Waals surface area contributed by atoms with Gasteiger partial charge in [-0.05, 0) is 11.1 Å². The normalized spacial score (nSPS) is 12.0. The van der Waals surface area contributed by atoms with E-state index >= 15 is 0 Å². The molecule has 1 nitrogen and oxygen atoms in total. The van der Waals surface area contributed by atoms with E-state index in [4.69, 9.17) is 4.43 Å². The van der Waals surface area contributed by atoms with Gasteiger partial charge in [0.1, 0.15) is 0 Å². The predicted octanol–water partition coefficient (Wildman–Crippen LogP) is 2.44. The quantitative estimate of drug-likeness (QED) is 0.554. The summed E-state index contributed by atoms with van der Waals surface area (Å²) in [7, 11) is 1.31. The van der Waals surface area contributed by atoms with Crippen LogP contribution in [0.15, 0.2) is 0 Å². The van der Waals surface area contributed by atoms with E-state index in [1.54, 1.807) is 0 Å². The highest BCUT2D eigenvalue weighted by Gasteiger charge is 2.19. The van der Waals surface area contributed by atoms with E-state index < -0.39 is 9.04 Å². The minimum absolute atomic E-state index is 0.518. The van der Waals surface area contributed by atoms with Gasteiger partial charge in [-0.25, -0.2) is 0 Å². The molecule has 0 rings (SSSR count). The van der Waals surface area contributed by atoms with E-state index in [0.717, 1.165) is 11.1 Å². The highest BCUT2D eigenvalue weighted by molar-refractivity contribution is 6.54. The van der Waals surface area contributed by atoms with Gasteiger partial charge in [-0.1, -0.05) is 27.7 Å². The molecule has 0 spiro atoms. The summed E-state index contributed by atoms with van der Waals surface area (Å²) in [6.45, 7) is 8.94. The molecule has 0 heterocycles. The highest BCUT2D eigenvalue weighted by Crippen LogP contribution is 2.19. The Morgan fingerprint density at radius 2 is 1.33 bits per heavy atom. The zero-order valence-electron chi connectivity index (χ0n) is 7.06. The first-order valence-corrected chi connectivity index (χ1v) is 5.06. The van der Waals surface area contributed by atoms with Gasteiger partial charge in [-0.15, -0.1) is 0 Å². The SMILES string of the molecule is CO[Si](C(C)C)C(C)C. The first kappa shape index (κ1) is 9.18. The minimum atomic E-state index is -0.518. The zero-order chi connectivity index (χ0) is 7.44. The van der Waals surface area contributed by atoms with Crippen molar-refractivity contribution >= 4 is 9.04 Å². The van der Waals surface area contributed by atoms with Gasteiger partial charge in [0.05, 0.1) is 0 Å². The maximum Gasteiger partial charge on any atom is 0.216 e. The second kappa shape index (κ2) is 4.07. The van der Waals surface area contributed by atoms with Gasteiger partial charge < -0.3 is 4.43 Å². The van der Waals surface area contributed by atoms with Gasteiger partial charge in [-0.3, -0.25) is 0 Å². The molecule has 9 heavy (non-hydrogen) atoms. The van der Waals surface area contributed by atoms with Crippen molar-refractivity contribution in [3.8, 4) is 0 Å². The first-order valence-electron chi connectivity index (χ1n) is 3.50. The molecule has 0 aliphatic carbocycles. The Balaban J connectivity index is 3.68. The van der Waals surface area contributed by atoms with E-state index in [2.05, 4.69) is 27.7 Å². The molecule has 0 aliphatic heterocycles. The van der Waals surface area contributed by atoms with Crippen LogP contribution in [0, 0.1) is 0 Å². The van der Waals surface area contributed by atoms with Crippen molar-refractivity contribution in [1.29, 1.82) is 0 Å². The van der Waals surface area contributed by atoms with Crippen LogP contribution in [0.3, 0.4) is 0 Å². The third-order valence-corrected chi connectivity index (χ3v) is 4.12. The summed E-state index contributed by atoms with van der Waals surface area (Å²) < 4.78 is 5.38.